The standard InChI is InChI=1S/C16H14FN3/c17-11-2-1-3-13(8-11)20-15-7-6-12(18)9-14(15)19-16(20)10-4-5-10/h1-3,6-10H,4-5,18H2. The lowest BCUT2D eigenvalue weighted by Gasteiger charge is -2.08. The number of nitrogen functional groups attached to an aromatic ring is 1. The largest absolute Gasteiger partial charge is 0.399 e. The fourth-order valence-corrected chi connectivity index (χ4v) is 2.62. The Hall–Kier alpha value is -2.36. The highest BCUT2D eigenvalue weighted by Gasteiger charge is 2.30. The molecule has 2 N–H and O–H groups in total. The van der Waals surface area contributed by atoms with Crippen LogP contribution in [0.5, 0.6) is 0 Å². The molecule has 2 aromatic carbocycles. The quantitative estimate of drug-likeness (QED) is 0.721. The van der Waals surface area contributed by atoms with Gasteiger partial charge in [0.1, 0.15) is 11.6 Å². The van der Waals surface area contributed by atoms with Gasteiger partial charge in [-0.05, 0) is 49.2 Å². The van der Waals surface area contributed by atoms with E-state index in [9.17, 15) is 4.39 Å². The molecule has 20 heavy (non-hydrogen) atoms. The van der Waals surface area contributed by atoms with Crippen molar-refractivity contribution in [1.29, 1.82) is 0 Å². The summed E-state index contributed by atoms with van der Waals surface area (Å²) in [5.41, 5.74) is 9.19. The number of hydrogen-bond acceptors (Lipinski definition) is 2. The third-order valence-electron chi connectivity index (χ3n) is 3.71. The molecule has 3 nitrogen and oxygen atoms in total. The maximum Gasteiger partial charge on any atom is 0.125 e. The van der Waals surface area contributed by atoms with Crippen LogP contribution in [0.2, 0.25) is 0 Å². The number of anilines is 1. The first-order valence-electron chi connectivity index (χ1n) is 6.76. The SMILES string of the molecule is Nc1ccc2c(c1)nc(C1CC1)n2-c1cccc(F)c1. The molecule has 0 aliphatic heterocycles. The van der Waals surface area contributed by atoms with Crippen molar-refractivity contribution in [3.63, 3.8) is 0 Å². The summed E-state index contributed by atoms with van der Waals surface area (Å²) in [5, 5.41) is 0. The highest BCUT2D eigenvalue weighted by Crippen LogP contribution is 2.42. The van der Waals surface area contributed by atoms with E-state index in [0.29, 0.717) is 11.6 Å². The predicted molar refractivity (Wildman–Crippen MR) is 77.4 cm³/mol. The third-order valence-corrected chi connectivity index (χ3v) is 3.71. The summed E-state index contributed by atoms with van der Waals surface area (Å²) in [6, 6.07) is 12.3. The number of benzene rings is 2. The fraction of sp³-hybridized carbons (Fsp3) is 0.188. The summed E-state index contributed by atoms with van der Waals surface area (Å²) in [4.78, 5) is 4.70. The monoisotopic (exact) mass is 267 g/mol. The molecule has 3 aromatic rings. The van der Waals surface area contributed by atoms with Crippen molar-refractivity contribution >= 4 is 16.7 Å². The van der Waals surface area contributed by atoms with Gasteiger partial charge in [-0.3, -0.25) is 4.57 Å². The maximum atomic E-state index is 13.5. The smallest absolute Gasteiger partial charge is 0.125 e. The summed E-state index contributed by atoms with van der Waals surface area (Å²) in [6.07, 6.45) is 2.29. The zero-order chi connectivity index (χ0) is 13.7. The van der Waals surface area contributed by atoms with Crippen LogP contribution in [0.4, 0.5) is 10.1 Å². The average molecular weight is 267 g/mol. The molecule has 1 fully saturated rings. The lowest BCUT2D eigenvalue weighted by molar-refractivity contribution is 0.626. The summed E-state index contributed by atoms with van der Waals surface area (Å²) in [7, 11) is 0. The van der Waals surface area contributed by atoms with Crippen molar-refractivity contribution in [3.8, 4) is 5.69 Å². The second-order valence-electron chi connectivity index (χ2n) is 5.31. The van der Waals surface area contributed by atoms with Crippen LogP contribution in [0.15, 0.2) is 42.5 Å². The van der Waals surface area contributed by atoms with Gasteiger partial charge in [0, 0.05) is 11.6 Å². The molecule has 1 aliphatic carbocycles. The van der Waals surface area contributed by atoms with Crippen LogP contribution >= 0.6 is 0 Å². The first-order valence-corrected chi connectivity index (χ1v) is 6.76. The van der Waals surface area contributed by atoms with Gasteiger partial charge >= 0.3 is 0 Å². The molecule has 1 saturated carbocycles. The topological polar surface area (TPSA) is 43.8 Å². The number of halogens is 1. The van der Waals surface area contributed by atoms with E-state index in [1.54, 1.807) is 12.1 Å². The summed E-state index contributed by atoms with van der Waals surface area (Å²) in [5.74, 6) is 1.25. The molecule has 1 aliphatic rings. The number of fused-ring (bicyclic) bond motifs is 1. The average Bonchev–Trinajstić information content (AvgIpc) is 3.20. The van der Waals surface area contributed by atoms with Crippen LogP contribution in [0.1, 0.15) is 24.6 Å². The number of nitrogens with two attached hydrogens (primary N) is 1. The Kier molecular flexibility index (Phi) is 2.33. The van der Waals surface area contributed by atoms with E-state index in [2.05, 4.69) is 4.57 Å². The summed E-state index contributed by atoms with van der Waals surface area (Å²) < 4.78 is 15.6. The van der Waals surface area contributed by atoms with E-state index in [0.717, 1.165) is 35.4 Å². The Labute approximate surface area is 115 Å². The van der Waals surface area contributed by atoms with Crippen LogP contribution in [0.25, 0.3) is 16.7 Å². The Bertz CT molecular complexity index is 803. The zero-order valence-electron chi connectivity index (χ0n) is 10.9. The summed E-state index contributed by atoms with van der Waals surface area (Å²) >= 11 is 0. The molecule has 0 atom stereocenters. The first-order chi connectivity index (χ1) is 9.72. The van der Waals surface area contributed by atoms with E-state index in [1.807, 2.05) is 24.3 Å². The Morgan fingerprint density at radius 3 is 2.75 bits per heavy atom. The lowest BCUT2D eigenvalue weighted by Crippen LogP contribution is -2.00. The van der Waals surface area contributed by atoms with Gasteiger partial charge in [-0.15, -0.1) is 0 Å². The Morgan fingerprint density at radius 2 is 2.00 bits per heavy atom. The van der Waals surface area contributed by atoms with Gasteiger partial charge in [0.05, 0.1) is 16.7 Å². The molecular formula is C16H14FN3. The predicted octanol–water partition coefficient (Wildman–Crippen LogP) is 3.62. The molecule has 0 amide bonds. The van der Waals surface area contributed by atoms with Gasteiger partial charge in [-0.2, -0.15) is 0 Å². The molecule has 4 heteroatoms. The number of rotatable bonds is 2. The van der Waals surface area contributed by atoms with E-state index in [-0.39, 0.29) is 5.82 Å². The molecular weight excluding hydrogens is 253 g/mol. The molecule has 0 spiro atoms. The van der Waals surface area contributed by atoms with Crippen LogP contribution in [-0.2, 0) is 0 Å². The maximum absolute atomic E-state index is 13.5. The minimum Gasteiger partial charge on any atom is -0.399 e. The van der Waals surface area contributed by atoms with Crippen molar-refractivity contribution in [2.75, 3.05) is 5.73 Å². The van der Waals surface area contributed by atoms with Crippen molar-refractivity contribution < 1.29 is 4.39 Å². The molecule has 0 saturated heterocycles. The fourth-order valence-electron chi connectivity index (χ4n) is 2.62. The molecule has 0 radical (unpaired) electrons. The van der Waals surface area contributed by atoms with Gasteiger partial charge in [0.2, 0.25) is 0 Å². The van der Waals surface area contributed by atoms with Gasteiger partial charge in [0.25, 0.3) is 0 Å². The first kappa shape index (κ1) is 11.5. The van der Waals surface area contributed by atoms with E-state index in [1.165, 1.54) is 6.07 Å². The van der Waals surface area contributed by atoms with Crippen molar-refractivity contribution in [2.24, 2.45) is 0 Å². The Morgan fingerprint density at radius 1 is 1.15 bits per heavy atom. The van der Waals surface area contributed by atoms with Gasteiger partial charge in [-0.25, -0.2) is 9.37 Å². The second-order valence-corrected chi connectivity index (χ2v) is 5.31. The third kappa shape index (κ3) is 1.76. The van der Waals surface area contributed by atoms with Crippen molar-refractivity contribution in [3.05, 3.63) is 54.1 Å². The highest BCUT2D eigenvalue weighted by molar-refractivity contribution is 5.81. The van der Waals surface area contributed by atoms with E-state index in [4.69, 9.17) is 10.7 Å². The van der Waals surface area contributed by atoms with Gasteiger partial charge in [0.15, 0.2) is 0 Å². The van der Waals surface area contributed by atoms with Crippen LogP contribution in [-0.4, -0.2) is 9.55 Å². The number of aromatic nitrogens is 2. The van der Waals surface area contributed by atoms with Crippen molar-refractivity contribution in [2.45, 2.75) is 18.8 Å². The number of nitrogens with zero attached hydrogens (tertiary/aromatic N) is 2. The minimum absolute atomic E-state index is 0.235. The molecule has 4 rings (SSSR count). The normalized spacial score (nSPS) is 14.8. The van der Waals surface area contributed by atoms with E-state index >= 15 is 0 Å². The minimum atomic E-state index is -0.235. The number of imidazole rings is 1. The highest BCUT2D eigenvalue weighted by atomic mass is 19.1. The van der Waals surface area contributed by atoms with Crippen molar-refractivity contribution in [1.82, 2.24) is 9.55 Å². The number of hydrogen-bond donors (Lipinski definition) is 1. The van der Waals surface area contributed by atoms with Gasteiger partial charge in [-0.1, -0.05) is 6.07 Å². The molecule has 0 unspecified atom stereocenters. The summed E-state index contributed by atoms with van der Waals surface area (Å²) in [6.45, 7) is 0. The molecule has 100 valence electrons. The second kappa shape index (κ2) is 4.07. The van der Waals surface area contributed by atoms with Crippen LogP contribution in [0.3, 0.4) is 0 Å². The van der Waals surface area contributed by atoms with Crippen LogP contribution in [0, 0.1) is 5.82 Å². The zero-order valence-corrected chi connectivity index (χ0v) is 10.9. The molecule has 1 aromatic heterocycles. The molecule has 0 bridgehead atoms. The van der Waals surface area contributed by atoms with Gasteiger partial charge < -0.3 is 5.73 Å². The van der Waals surface area contributed by atoms with Crippen LogP contribution < -0.4 is 5.73 Å². The lowest BCUT2D eigenvalue weighted by atomic mass is 10.2. The van der Waals surface area contributed by atoms with E-state index < -0.39 is 0 Å². The molecule has 1 heterocycles. The Balaban J connectivity index is 2.02.